The van der Waals surface area contributed by atoms with Gasteiger partial charge in [0, 0.05) is 12.2 Å². The van der Waals surface area contributed by atoms with Crippen LogP contribution in [0.5, 0.6) is 0 Å². The van der Waals surface area contributed by atoms with Crippen LogP contribution in [0.25, 0.3) is 0 Å². The monoisotopic (exact) mass is 243 g/mol. The van der Waals surface area contributed by atoms with Gasteiger partial charge in [0.2, 0.25) is 0 Å². The third-order valence-electron chi connectivity index (χ3n) is 3.48. The highest BCUT2D eigenvalue weighted by Gasteiger charge is 2.20. The molecule has 1 aromatic rings. The lowest BCUT2D eigenvalue weighted by Gasteiger charge is -2.26. The molecule has 1 N–H and O–H groups in total. The number of nitriles is 1. The van der Waals surface area contributed by atoms with E-state index < -0.39 is 0 Å². The van der Waals surface area contributed by atoms with Crippen molar-refractivity contribution in [3.63, 3.8) is 0 Å². The van der Waals surface area contributed by atoms with Crippen molar-refractivity contribution in [1.29, 1.82) is 5.26 Å². The molecule has 0 atom stereocenters. The number of carbonyl (C=O) groups excluding carboxylic acids is 1. The van der Waals surface area contributed by atoms with Crippen LogP contribution in [0.1, 0.15) is 48.7 Å². The molecule has 1 aliphatic carbocycles. The quantitative estimate of drug-likeness (QED) is 0.866. The Balaban J connectivity index is 1.93. The standard InChI is InChI=1S/C14H17N3O/c1-10-2-5-12(6-3-10)17-14(18)13-7-4-11(8-15)9-16-13/h4,7,9-10,12H,2-3,5-6H2,1H3,(H,17,18). The van der Waals surface area contributed by atoms with Crippen molar-refractivity contribution < 1.29 is 4.79 Å². The van der Waals surface area contributed by atoms with Crippen molar-refractivity contribution in [2.24, 2.45) is 5.92 Å². The van der Waals surface area contributed by atoms with E-state index in [1.807, 2.05) is 6.07 Å². The molecule has 1 heterocycles. The molecule has 1 saturated carbocycles. The summed E-state index contributed by atoms with van der Waals surface area (Å²) in [5.41, 5.74) is 0.852. The van der Waals surface area contributed by atoms with E-state index in [2.05, 4.69) is 17.2 Å². The number of hydrogen-bond donors (Lipinski definition) is 1. The second kappa shape index (κ2) is 5.63. The Labute approximate surface area is 107 Å². The normalized spacial score (nSPS) is 23.1. The van der Waals surface area contributed by atoms with Crippen LogP contribution in [0.15, 0.2) is 18.3 Å². The summed E-state index contributed by atoms with van der Waals surface area (Å²) in [5.74, 6) is 0.630. The largest absolute Gasteiger partial charge is 0.348 e. The van der Waals surface area contributed by atoms with Gasteiger partial charge in [-0.15, -0.1) is 0 Å². The number of nitrogens with zero attached hydrogens (tertiary/aromatic N) is 2. The van der Waals surface area contributed by atoms with Crippen LogP contribution in [0.3, 0.4) is 0 Å². The molecular weight excluding hydrogens is 226 g/mol. The van der Waals surface area contributed by atoms with E-state index in [1.165, 1.54) is 19.0 Å². The van der Waals surface area contributed by atoms with Gasteiger partial charge in [0.15, 0.2) is 0 Å². The van der Waals surface area contributed by atoms with Crippen molar-refractivity contribution in [3.05, 3.63) is 29.6 Å². The van der Waals surface area contributed by atoms with Gasteiger partial charge in [0.05, 0.1) is 5.56 Å². The zero-order valence-corrected chi connectivity index (χ0v) is 10.5. The van der Waals surface area contributed by atoms with Gasteiger partial charge < -0.3 is 5.32 Å². The van der Waals surface area contributed by atoms with Gasteiger partial charge in [0.1, 0.15) is 11.8 Å². The molecule has 0 aliphatic heterocycles. The summed E-state index contributed by atoms with van der Waals surface area (Å²) in [4.78, 5) is 15.9. The highest BCUT2D eigenvalue weighted by molar-refractivity contribution is 5.92. The summed E-state index contributed by atoms with van der Waals surface area (Å²) in [6.07, 6.45) is 5.86. The molecule has 1 fully saturated rings. The van der Waals surface area contributed by atoms with Gasteiger partial charge in [-0.1, -0.05) is 6.92 Å². The lowest BCUT2D eigenvalue weighted by atomic mass is 9.87. The molecule has 2 rings (SSSR count). The van der Waals surface area contributed by atoms with Gasteiger partial charge in [-0.2, -0.15) is 5.26 Å². The molecule has 0 spiro atoms. The first-order valence-corrected chi connectivity index (χ1v) is 6.36. The Morgan fingerprint density at radius 3 is 2.67 bits per heavy atom. The molecule has 1 amide bonds. The Kier molecular flexibility index (Phi) is 3.93. The highest BCUT2D eigenvalue weighted by Crippen LogP contribution is 2.23. The van der Waals surface area contributed by atoms with E-state index in [9.17, 15) is 4.79 Å². The third kappa shape index (κ3) is 3.07. The first kappa shape index (κ1) is 12.6. The highest BCUT2D eigenvalue weighted by atomic mass is 16.1. The maximum Gasteiger partial charge on any atom is 0.270 e. The van der Waals surface area contributed by atoms with Crippen LogP contribution in [0.2, 0.25) is 0 Å². The van der Waals surface area contributed by atoms with Crippen molar-refractivity contribution in [3.8, 4) is 6.07 Å². The fourth-order valence-electron chi connectivity index (χ4n) is 2.26. The Morgan fingerprint density at radius 2 is 2.11 bits per heavy atom. The van der Waals surface area contributed by atoms with Gasteiger partial charge in [0.25, 0.3) is 5.91 Å². The van der Waals surface area contributed by atoms with E-state index in [1.54, 1.807) is 12.1 Å². The number of pyridine rings is 1. The van der Waals surface area contributed by atoms with Gasteiger partial charge in [-0.05, 0) is 43.7 Å². The molecule has 0 bridgehead atoms. The van der Waals surface area contributed by atoms with Crippen molar-refractivity contribution in [2.75, 3.05) is 0 Å². The molecule has 0 saturated heterocycles. The number of hydrogen-bond acceptors (Lipinski definition) is 3. The summed E-state index contributed by atoms with van der Waals surface area (Å²) in [5, 5.41) is 11.7. The number of nitrogens with one attached hydrogen (secondary N) is 1. The van der Waals surface area contributed by atoms with Crippen LogP contribution in [0.4, 0.5) is 0 Å². The molecule has 1 aromatic heterocycles. The van der Waals surface area contributed by atoms with Crippen molar-refractivity contribution in [2.45, 2.75) is 38.6 Å². The molecule has 0 unspecified atom stereocenters. The van der Waals surface area contributed by atoms with Crippen LogP contribution in [-0.2, 0) is 0 Å². The Morgan fingerprint density at radius 1 is 1.39 bits per heavy atom. The Hall–Kier alpha value is -1.89. The second-order valence-corrected chi connectivity index (χ2v) is 4.97. The summed E-state index contributed by atoms with van der Waals surface area (Å²) < 4.78 is 0. The number of aromatic nitrogens is 1. The predicted molar refractivity (Wildman–Crippen MR) is 67.8 cm³/mol. The molecule has 1 aliphatic rings. The summed E-state index contributed by atoms with van der Waals surface area (Å²) in [6.45, 7) is 2.25. The van der Waals surface area contributed by atoms with Crippen LogP contribution in [0, 0.1) is 17.2 Å². The summed E-state index contributed by atoms with van der Waals surface area (Å²) in [6, 6.07) is 5.47. The van der Waals surface area contributed by atoms with Crippen molar-refractivity contribution in [1.82, 2.24) is 10.3 Å². The van der Waals surface area contributed by atoms with Crippen LogP contribution >= 0.6 is 0 Å². The second-order valence-electron chi connectivity index (χ2n) is 4.97. The predicted octanol–water partition coefficient (Wildman–Crippen LogP) is 2.26. The lowest BCUT2D eigenvalue weighted by molar-refractivity contribution is 0.0918. The molecule has 4 heteroatoms. The summed E-state index contributed by atoms with van der Waals surface area (Å²) >= 11 is 0. The SMILES string of the molecule is CC1CCC(NC(=O)c2ccc(C#N)cn2)CC1. The van der Waals surface area contributed by atoms with Crippen LogP contribution in [-0.4, -0.2) is 16.9 Å². The molecule has 18 heavy (non-hydrogen) atoms. The molecule has 0 aromatic carbocycles. The van der Waals surface area contributed by atoms with Gasteiger partial charge in [-0.25, -0.2) is 4.98 Å². The van der Waals surface area contributed by atoms with E-state index in [0.717, 1.165) is 18.8 Å². The van der Waals surface area contributed by atoms with E-state index in [-0.39, 0.29) is 11.9 Å². The zero-order valence-electron chi connectivity index (χ0n) is 10.5. The van der Waals surface area contributed by atoms with Gasteiger partial charge in [-0.3, -0.25) is 4.79 Å². The van der Waals surface area contributed by atoms with Gasteiger partial charge >= 0.3 is 0 Å². The number of rotatable bonds is 2. The summed E-state index contributed by atoms with van der Waals surface area (Å²) in [7, 11) is 0. The smallest absolute Gasteiger partial charge is 0.270 e. The fraction of sp³-hybridized carbons (Fsp3) is 0.500. The first-order valence-electron chi connectivity index (χ1n) is 6.36. The molecule has 94 valence electrons. The Bertz CT molecular complexity index is 453. The maximum absolute atomic E-state index is 11.9. The molecule has 0 radical (unpaired) electrons. The average molecular weight is 243 g/mol. The van der Waals surface area contributed by atoms with E-state index in [4.69, 9.17) is 5.26 Å². The number of amides is 1. The third-order valence-corrected chi connectivity index (χ3v) is 3.48. The molecular formula is C14H17N3O. The fourth-order valence-corrected chi connectivity index (χ4v) is 2.26. The minimum Gasteiger partial charge on any atom is -0.348 e. The first-order chi connectivity index (χ1) is 8.69. The van der Waals surface area contributed by atoms with Crippen molar-refractivity contribution >= 4 is 5.91 Å². The zero-order chi connectivity index (χ0) is 13.0. The van der Waals surface area contributed by atoms with Crippen LogP contribution < -0.4 is 5.32 Å². The van der Waals surface area contributed by atoms with E-state index >= 15 is 0 Å². The van der Waals surface area contributed by atoms with E-state index in [0.29, 0.717) is 11.3 Å². The molecule has 4 nitrogen and oxygen atoms in total. The average Bonchev–Trinajstić information content (AvgIpc) is 2.41. The lowest BCUT2D eigenvalue weighted by Crippen LogP contribution is -2.37. The number of carbonyl (C=O) groups is 1. The minimum atomic E-state index is -0.140. The minimum absolute atomic E-state index is 0.140. The topological polar surface area (TPSA) is 65.8 Å². The maximum atomic E-state index is 11.9.